The molecular formula is C19H29N3O3S. The molecule has 1 aromatic rings. The molecule has 3 N–H and O–H groups in total. The van der Waals surface area contributed by atoms with Crippen LogP contribution in [-0.2, 0) is 20.9 Å². The van der Waals surface area contributed by atoms with E-state index in [1.54, 1.807) is 25.6 Å². The number of carbonyl (C=O) groups excluding carboxylic acids is 3. The fourth-order valence-corrected chi connectivity index (χ4v) is 2.89. The Morgan fingerprint density at radius 2 is 1.69 bits per heavy atom. The van der Waals surface area contributed by atoms with Crippen LogP contribution in [-0.4, -0.2) is 42.0 Å². The lowest BCUT2D eigenvalue weighted by atomic mass is 10.1. The lowest BCUT2D eigenvalue weighted by molar-refractivity contribution is -0.131. The molecule has 0 bridgehead atoms. The van der Waals surface area contributed by atoms with Gasteiger partial charge in [-0.25, -0.2) is 0 Å². The summed E-state index contributed by atoms with van der Waals surface area (Å²) >= 11 is 1.66. The molecule has 0 aliphatic rings. The van der Waals surface area contributed by atoms with Crippen LogP contribution < -0.4 is 16.0 Å². The van der Waals surface area contributed by atoms with Crippen LogP contribution in [0.2, 0.25) is 0 Å². The zero-order valence-electron chi connectivity index (χ0n) is 16.1. The molecule has 0 aliphatic carbocycles. The molecule has 3 unspecified atom stereocenters. The Balaban J connectivity index is 2.58. The fourth-order valence-electron chi connectivity index (χ4n) is 2.27. The van der Waals surface area contributed by atoms with Crippen LogP contribution in [0.25, 0.3) is 0 Å². The fraction of sp³-hybridized carbons (Fsp3) is 0.526. The van der Waals surface area contributed by atoms with E-state index >= 15 is 0 Å². The van der Waals surface area contributed by atoms with Crippen molar-refractivity contribution in [3.8, 4) is 0 Å². The van der Waals surface area contributed by atoms with Gasteiger partial charge in [-0.3, -0.25) is 14.4 Å². The zero-order valence-corrected chi connectivity index (χ0v) is 16.9. The highest BCUT2D eigenvalue weighted by Gasteiger charge is 2.23. The van der Waals surface area contributed by atoms with Crippen molar-refractivity contribution in [3.05, 3.63) is 29.8 Å². The summed E-state index contributed by atoms with van der Waals surface area (Å²) in [6.07, 6.45) is 2.46. The van der Waals surface area contributed by atoms with Gasteiger partial charge in [-0.2, -0.15) is 0 Å². The number of amides is 2. The number of carbonyl (C=O) groups is 3. The van der Waals surface area contributed by atoms with Gasteiger partial charge >= 0.3 is 0 Å². The summed E-state index contributed by atoms with van der Waals surface area (Å²) in [5.41, 5.74) is 1.12. The number of benzene rings is 1. The average Bonchev–Trinajstić information content (AvgIpc) is 2.63. The molecule has 26 heavy (non-hydrogen) atoms. The summed E-state index contributed by atoms with van der Waals surface area (Å²) in [6.45, 7) is 7.19. The van der Waals surface area contributed by atoms with Gasteiger partial charge < -0.3 is 16.0 Å². The van der Waals surface area contributed by atoms with E-state index in [2.05, 4.69) is 16.0 Å². The summed E-state index contributed by atoms with van der Waals surface area (Å²) < 4.78 is 0. The Kier molecular flexibility index (Phi) is 9.37. The van der Waals surface area contributed by atoms with Gasteiger partial charge in [0.1, 0.15) is 6.04 Å². The van der Waals surface area contributed by atoms with Gasteiger partial charge in [0.05, 0.1) is 12.1 Å². The summed E-state index contributed by atoms with van der Waals surface area (Å²) in [4.78, 5) is 37.0. The Labute approximate surface area is 159 Å². The molecule has 0 aliphatic heterocycles. The molecule has 0 saturated heterocycles. The molecule has 0 fully saturated rings. The van der Waals surface area contributed by atoms with Crippen LogP contribution in [0.3, 0.4) is 0 Å². The van der Waals surface area contributed by atoms with Gasteiger partial charge in [0.25, 0.3) is 0 Å². The van der Waals surface area contributed by atoms with E-state index in [0.717, 1.165) is 10.5 Å². The first kappa shape index (κ1) is 22.2. The number of Topliss-reactive ketones (excluding diaryl/α,β-unsaturated/α-hetero) is 1. The molecule has 0 saturated carbocycles. The van der Waals surface area contributed by atoms with E-state index in [1.807, 2.05) is 37.4 Å². The SMILES string of the molecule is CCC(NC(=O)C(C)NCc1ccccc1SC)C(=O)NC(C)C(C)=O. The maximum absolute atomic E-state index is 12.4. The Hall–Kier alpha value is -1.86. The lowest BCUT2D eigenvalue weighted by Crippen LogP contribution is -2.53. The molecule has 3 atom stereocenters. The molecule has 0 heterocycles. The van der Waals surface area contributed by atoms with Crippen molar-refractivity contribution in [1.29, 1.82) is 0 Å². The lowest BCUT2D eigenvalue weighted by Gasteiger charge is -2.22. The molecule has 144 valence electrons. The van der Waals surface area contributed by atoms with Crippen LogP contribution in [0, 0.1) is 0 Å². The first-order valence-electron chi connectivity index (χ1n) is 8.76. The smallest absolute Gasteiger partial charge is 0.243 e. The second-order valence-electron chi connectivity index (χ2n) is 6.22. The normalized spacial score (nSPS) is 14.2. The number of rotatable bonds is 10. The van der Waals surface area contributed by atoms with Crippen molar-refractivity contribution in [2.24, 2.45) is 0 Å². The van der Waals surface area contributed by atoms with E-state index < -0.39 is 18.1 Å². The third-order valence-electron chi connectivity index (χ3n) is 4.19. The molecule has 0 radical (unpaired) electrons. The maximum atomic E-state index is 12.4. The number of hydrogen-bond acceptors (Lipinski definition) is 5. The quantitative estimate of drug-likeness (QED) is 0.540. The molecule has 1 rings (SSSR count). The van der Waals surface area contributed by atoms with Gasteiger partial charge in [-0.05, 0) is 45.1 Å². The molecule has 2 amide bonds. The summed E-state index contributed by atoms with van der Waals surface area (Å²) in [6, 6.07) is 6.35. The maximum Gasteiger partial charge on any atom is 0.243 e. The third kappa shape index (κ3) is 6.80. The predicted molar refractivity (Wildman–Crippen MR) is 105 cm³/mol. The first-order chi connectivity index (χ1) is 12.3. The minimum atomic E-state index is -0.660. The number of ketones is 1. The summed E-state index contributed by atoms with van der Waals surface area (Å²) in [5.74, 6) is -0.713. The van der Waals surface area contributed by atoms with Gasteiger partial charge in [-0.1, -0.05) is 25.1 Å². The molecule has 0 spiro atoms. The number of hydrogen-bond donors (Lipinski definition) is 3. The molecular weight excluding hydrogens is 350 g/mol. The van der Waals surface area contributed by atoms with E-state index in [0.29, 0.717) is 13.0 Å². The van der Waals surface area contributed by atoms with Crippen molar-refractivity contribution in [2.45, 2.75) is 63.7 Å². The van der Waals surface area contributed by atoms with Crippen LogP contribution in [0.5, 0.6) is 0 Å². The standard InChI is InChI=1S/C19H29N3O3S/c1-6-16(19(25)21-12(2)14(4)23)22-18(24)13(3)20-11-15-9-7-8-10-17(15)26-5/h7-10,12-13,16,20H,6,11H2,1-5H3,(H,21,25)(H,22,24). The van der Waals surface area contributed by atoms with Gasteiger partial charge in [0.2, 0.25) is 11.8 Å². The number of thioether (sulfide) groups is 1. The Morgan fingerprint density at radius 1 is 1.04 bits per heavy atom. The monoisotopic (exact) mass is 379 g/mol. The van der Waals surface area contributed by atoms with Crippen molar-refractivity contribution in [3.63, 3.8) is 0 Å². The minimum Gasteiger partial charge on any atom is -0.345 e. The molecule has 1 aromatic carbocycles. The highest BCUT2D eigenvalue weighted by Crippen LogP contribution is 2.19. The van der Waals surface area contributed by atoms with Crippen molar-refractivity contribution in [1.82, 2.24) is 16.0 Å². The predicted octanol–water partition coefficient (Wildman–Crippen LogP) is 1.88. The van der Waals surface area contributed by atoms with Crippen LogP contribution in [0.15, 0.2) is 29.2 Å². The first-order valence-corrected chi connectivity index (χ1v) is 9.99. The van der Waals surface area contributed by atoms with Gasteiger partial charge in [0, 0.05) is 11.4 Å². The van der Waals surface area contributed by atoms with E-state index in [9.17, 15) is 14.4 Å². The van der Waals surface area contributed by atoms with E-state index in [-0.39, 0.29) is 17.6 Å². The third-order valence-corrected chi connectivity index (χ3v) is 5.03. The highest BCUT2D eigenvalue weighted by atomic mass is 32.2. The zero-order chi connectivity index (χ0) is 19.7. The summed E-state index contributed by atoms with van der Waals surface area (Å²) in [5, 5.41) is 8.56. The number of nitrogens with one attached hydrogen (secondary N) is 3. The van der Waals surface area contributed by atoms with Crippen molar-refractivity contribution >= 4 is 29.4 Å². The van der Waals surface area contributed by atoms with Gasteiger partial charge in [0.15, 0.2) is 5.78 Å². The molecule has 6 nitrogen and oxygen atoms in total. The second kappa shape index (κ2) is 11.0. The topological polar surface area (TPSA) is 87.3 Å². The largest absolute Gasteiger partial charge is 0.345 e. The van der Waals surface area contributed by atoms with Crippen molar-refractivity contribution < 1.29 is 14.4 Å². The second-order valence-corrected chi connectivity index (χ2v) is 7.07. The average molecular weight is 380 g/mol. The van der Waals surface area contributed by atoms with E-state index in [4.69, 9.17) is 0 Å². The van der Waals surface area contributed by atoms with Crippen molar-refractivity contribution in [2.75, 3.05) is 6.26 Å². The Morgan fingerprint density at radius 3 is 2.27 bits per heavy atom. The molecule has 7 heteroatoms. The summed E-state index contributed by atoms with van der Waals surface area (Å²) in [7, 11) is 0. The Bertz CT molecular complexity index is 636. The van der Waals surface area contributed by atoms with Crippen LogP contribution in [0.1, 0.15) is 39.7 Å². The highest BCUT2D eigenvalue weighted by molar-refractivity contribution is 7.98. The minimum absolute atomic E-state index is 0.123. The van der Waals surface area contributed by atoms with E-state index in [1.165, 1.54) is 6.92 Å². The molecule has 0 aromatic heterocycles. The van der Waals surface area contributed by atoms with Gasteiger partial charge in [-0.15, -0.1) is 11.8 Å². The van der Waals surface area contributed by atoms with Crippen LogP contribution >= 0.6 is 11.8 Å². The van der Waals surface area contributed by atoms with Crippen LogP contribution in [0.4, 0.5) is 0 Å².